The van der Waals surface area contributed by atoms with E-state index in [0.29, 0.717) is 5.95 Å². The van der Waals surface area contributed by atoms with E-state index in [1.165, 1.54) is 0 Å². The Kier molecular flexibility index (Phi) is 4.87. The van der Waals surface area contributed by atoms with Crippen LogP contribution in [0, 0.1) is 0 Å². The second kappa shape index (κ2) is 6.63. The monoisotopic (exact) mass is 320 g/mol. The van der Waals surface area contributed by atoms with Crippen LogP contribution in [0.25, 0.3) is 11.1 Å². The van der Waals surface area contributed by atoms with Gasteiger partial charge in [-0.25, -0.2) is 9.97 Å². The minimum absolute atomic E-state index is 0.188. The molecular weight excluding hydrogens is 304 g/mol. The highest BCUT2D eigenvalue weighted by atomic mass is 79.9. The molecule has 1 aromatic carbocycles. The van der Waals surface area contributed by atoms with Crippen LogP contribution in [-0.4, -0.2) is 22.6 Å². The van der Waals surface area contributed by atoms with Gasteiger partial charge in [-0.1, -0.05) is 28.1 Å². The van der Waals surface area contributed by atoms with Gasteiger partial charge >= 0.3 is 0 Å². The number of halogens is 1. The fraction of sp³-hybridized carbons (Fsp3) is 0.286. The number of nitrogens with one attached hydrogen (secondary N) is 1. The molecule has 1 aromatic heterocycles. The van der Waals surface area contributed by atoms with Gasteiger partial charge in [0.2, 0.25) is 5.95 Å². The molecule has 2 rings (SSSR count). The Balaban J connectivity index is 2.02. The number of rotatable bonds is 5. The summed E-state index contributed by atoms with van der Waals surface area (Å²) in [6.45, 7) is 2.77. The number of hydrogen-bond donors (Lipinski definition) is 2. The molecule has 0 aliphatic carbocycles. The summed E-state index contributed by atoms with van der Waals surface area (Å²) in [6.07, 6.45) is 4.54. The number of aromatic nitrogens is 2. The molecule has 0 aliphatic heterocycles. The van der Waals surface area contributed by atoms with E-state index in [0.717, 1.165) is 28.6 Å². The Morgan fingerprint density at radius 1 is 1.26 bits per heavy atom. The first-order chi connectivity index (χ1) is 9.15. The van der Waals surface area contributed by atoms with Gasteiger partial charge in [0.25, 0.3) is 0 Å². The van der Waals surface area contributed by atoms with Crippen LogP contribution in [0.3, 0.4) is 0 Å². The summed E-state index contributed by atoms with van der Waals surface area (Å²) in [5.41, 5.74) is 7.78. The van der Waals surface area contributed by atoms with Gasteiger partial charge < -0.3 is 11.1 Å². The molecule has 1 atom stereocenters. The topological polar surface area (TPSA) is 63.8 Å². The van der Waals surface area contributed by atoms with Crippen molar-refractivity contribution >= 4 is 21.9 Å². The summed E-state index contributed by atoms with van der Waals surface area (Å²) in [4.78, 5) is 8.61. The fourth-order valence-corrected chi connectivity index (χ4v) is 2.05. The second-order valence-electron chi connectivity index (χ2n) is 4.50. The van der Waals surface area contributed by atoms with Crippen molar-refractivity contribution in [1.29, 1.82) is 0 Å². The van der Waals surface area contributed by atoms with Gasteiger partial charge in [0, 0.05) is 35.0 Å². The van der Waals surface area contributed by atoms with Crippen LogP contribution in [0.5, 0.6) is 0 Å². The summed E-state index contributed by atoms with van der Waals surface area (Å²) in [5.74, 6) is 0.638. The lowest BCUT2D eigenvalue weighted by Crippen LogP contribution is -2.19. The lowest BCUT2D eigenvalue weighted by Gasteiger charge is -2.07. The molecule has 0 saturated heterocycles. The van der Waals surface area contributed by atoms with Gasteiger partial charge in [-0.3, -0.25) is 0 Å². The summed E-state index contributed by atoms with van der Waals surface area (Å²) >= 11 is 3.46. The maximum atomic E-state index is 5.69. The summed E-state index contributed by atoms with van der Waals surface area (Å²) in [6, 6.07) is 8.25. The maximum Gasteiger partial charge on any atom is 0.222 e. The van der Waals surface area contributed by atoms with E-state index < -0.39 is 0 Å². The zero-order chi connectivity index (χ0) is 13.7. The average molecular weight is 321 g/mol. The molecule has 0 spiro atoms. The minimum atomic E-state index is 0.188. The lowest BCUT2D eigenvalue weighted by molar-refractivity contribution is 0.688. The minimum Gasteiger partial charge on any atom is -0.354 e. The van der Waals surface area contributed by atoms with Crippen LogP contribution in [-0.2, 0) is 0 Å². The van der Waals surface area contributed by atoms with Crippen LogP contribution < -0.4 is 11.1 Å². The van der Waals surface area contributed by atoms with Crippen LogP contribution in [0.4, 0.5) is 5.95 Å². The Morgan fingerprint density at radius 3 is 2.63 bits per heavy atom. The standard InChI is InChI=1S/C14H17BrN4/c1-10(16)5-6-17-14-18-8-12(9-19-14)11-3-2-4-13(15)7-11/h2-4,7-10H,5-6,16H2,1H3,(H,17,18,19). The smallest absolute Gasteiger partial charge is 0.222 e. The van der Waals surface area contributed by atoms with E-state index in [4.69, 9.17) is 5.73 Å². The number of anilines is 1. The molecule has 4 nitrogen and oxygen atoms in total. The highest BCUT2D eigenvalue weighted by molar-refractivity contribution is 9.10. The highest BCUT2D eigenvalue weighted by Crippen LogP contribution is 2.21. The molecule has 0 bridgehead atoms. The van der Waals surface area contributed by atoms with Gasteiger partial charge in [0.15, 0.2) is 0 Å². The number of benzene rings is 1. The number of hydrogen-bond acceptors (Lipinski definition) is 4. The van der Waals surface area contributed by atoms with Crippen LogP contribution >= 0.6 is 15.9 Å². The van der Waals surface area contributed by atoms with Gasteiger partial charge in [0.1, 0.15) is 0 Å². The van der Waals surface area contributed by atoms with E-state index in [1.54, 1.807) is 0 Å². The predicted molar refractivity (Wildman–Crippen MR) is 81.9 cm³/mol. The zero-order valence-corrected chi connectivity index (χ0v) is 12.4. The first-order valence-corrected chi connectivity index (χ1v) is 7.02. The predicted octanol–water partition coefficient (Wildman–Crippen LogP) is 3.06. The quantitative estimate of drug-likeness (QED) is 0.888. The summed E-state index contributed by atoms with van der Waals surface area (Å²) < 4.78 is 1.05. The largest absolute Gasteiger partial charge is 0.354 e. The Hall–Kier alpha value is -1.46. The van der Waals surface area contributed by atoms with Crippen molar-refractivity contribution in [2.45, 2.75) is 19.4 Å². The Bertz CT molecular complexity index is 525. The van der Waals surface area contributed by atoms with Crippen molar-refractivity contribution in [2.75, 3.05) is 11.9 Å². The molecule has 19 heavy (non-hydrogen) atoms. The number of nitrogens with two attached hydrogens (primary N) is 1. The molecule has 0 amide bonds. The van der Waals surface area contributed by atoms with Crippen molar-refractivity contribution in [2.24, 2.45) is 5.73 Å². The molecule has 3 N–H and O–H groups in total. The van der Waals surface area contributed by atoms with Gasteiger partial charge in [-0.2, -0.15) is 0 Å². The summed E-state index contributed by atoms with van der Waals surface area (Å²) in [7, 11) is 0. The van der Waals surface area contributed by atoms with Gasteiger partial charge in [0.05, 0.1) is 0 Å². The summed E-state index contributed by atoms with van der Waals surface area (Å²) in [5, 5.41) is 3.15. The van der Waals surface area contributed by atoms with Crippen LogP contribution in [0.2, 0.25) is 0 Å². The molecule has 0 saturated carbocycles. The number of nitrogens with zero attached hydrogens (tertiary/aromatic N) is 2. The lowest BCUT2D eigenvalue weighted by atomic mass is 10.1. The molecule has 1 heterocycles. The first-order valence-electron chi connectivity index (χ1n) is 6.22. The molecule has 1 unspecified atom stereocenters. The first kappa shape index (κ1) is 14.0. The van der Waals surface area contributed by atoms with E-state index in [9.17, 15) is 0 Å². The third-order valence-electron chi connectivity index (χ3n) is 2.69. The zero-order valence-electron chi connectivity index (χ0n) is 10.8. The van der Waals surface area contributed by atoms with Crippen LogP contribution in [0.15, 0.2) is 41.1 Å². The van der Waals surface area contributed by atoms with Gasteiger partial charge in [-0.15, -0.1) is 0 Å². The second-order valence-corrected chi connectivity index (χ2v) is 5.41. The van der Waals surface area contributed by atoms with E-state index in [2.05, 4.69) is 31.2 Å². The fourth-order valence-electron chi connectivity index (χ4n) is 1.65. The van der Waals surface area contributed by atoms with Crippen LogP contribution in [0.1, 0.15) is 13.3 Å². The van der Waals surface area contributed by atoms with Crippen molar-refractivity contribution < 1.29 is 0 Å². The molecule has 2 aromatic rings. The average Bonchev–Trinajstić information content (AvgIpc) is 2.39. The molecule has 0 aliphatic rings. The van der Waals surface area contributed by atoms with Crippen molar-refractivity contribution in [1.82, 2.24) is 9.97 Å². The molecular formula is C14H17BrN4. The molecule has 5 heteroatoms. The third-order valence-corrected chi connectivity index (χ3v) is 3.19. The molecule has 0 fully saturated rings. The Labute approximate surface area is 121 Å². The molecule has 0 radical (unpaired) electrons. The Morgan fingerprint density at radius 2 is 2.00 bits per heavy atom. The van der Waals surface area contributed by atoms with Gasteiger partial charge in [-0.05, 0) is 31.0 Å². The van der Waals surface area contributed by atoms with E-state index in [-0.39, 0.29) is 6.04 Å². The maximum absolute atomic E-state index is 5.69. The third kappa shape index (κ3) is 4.29. The normalized spacial score (nSPS) is 12.2. The molecule has 100 valence electrons. The SMILES string of the molecule is CC(N)CCNc1ncc(-c2cccc(Br)c2)cn1. The van der Waals surface area contributed by atoms with E-state index in [1.807, 2.05) is 43.6 Å². The van der Waals surface area contributed by atoms with Crippen molar-refractivity contribution in [3.8, 4) is 11.1 Å². The van der Waals surface area contributed by atoms with Crippen molar-refractivity contribution in [3.63, 3.8) is 0 Å². The van der Waals surface area contributed by atoms with Crippen molar-refractivity contribution in [3.05, 3.63) is 41.1 Å². The van der Waals surface area contributed by atoms with E-state index >= 15 is 0 Å². The highest BCUT2D eigenvalue weighted by Gasteiger charge is 2.01.